The van der Waals surface area contributed by atoms with Crippen LogP contribution in [0.5, 0.6) is 0 Å². The van der Waals surface area contributed by atoms with E-state index in [1.54, 1.807) is 11.1 Å². The highest BCUT2D eigenvalue weighted by molar-refractivity contribution is 5.41. The van der Waals surface area contributed by atoms with E-state index in [-0.39, 0.29) is 0 Å². The lowest BCUT2D eigenvalue weighted by atomic mass is 9.85. The molecule has 0 amide bonds. The fourth-order valence-electron chi connectivity index (χ4n) is 3.08. The third kappa shape index (κ3) is 1.95. The van der Waals surface area contributed by atoms with E-state index in [9.17, 15) is 0 Å². The molecule has 0 saturated carbocycles. The summed E-state index contributed by atoms with van der Waals surface area (Å²) in [5.41, 5.74) is 3.57. The SMILES string of the molecule is CC(C)CC1CC(C)(C)c2ccccc21. The van der Waals surface area contributed by atoms with Gasteiger partial charge >= 0.3 is 0 Å². The van der Waals surface area contributed by atoms with E-state index in [0.717, 1.165) is 11.8 Å². The fraction of sp³-hybridized carbons (Fsp3) is 0.600. The normalized spacial score (nSPS) is 23.1. The van der Waals surface area contributed by atoms with Gasteiger partial charge in [-0.1, -0.05) is 52.0 Å². The molecule has 0 fully saturated rings. The van der Waals surface area contributed by atoms with Crippen LogP contribution in [0.4, 0.5) is 0 Å². The minimum atomic E-state index is 0.385. The van der Waals surface area contributed by atoms with Crippen molar-refractivity contribution in [3.8, 4) is 0 Å². The quantitative estimate of drug-likeness (QED) is 0.662. The van der Waals surface area contributed by atoms with Gasteiger partial charge in [0.25, 0.3) is 0 Å². The Balaban J connectivity index is 2.34. The molecule has 1 aromatic rings. The van der Waals surface area contributed by atoms with Gasteiger partial charge in [0.05, 0.1) is 0 Å². The van der Waals surface area contributed by atoms with Crippen molar-refractivity contribution in [3.63, 3.8) is 0 Å². The zero-order chi connectivity index (χ0) is 11.1. The van der Waals surface area contributed by atoms with Crippen molar-refractivity contribution in [1.82, 2.24) is 0 Å². The first-order valence-corrected chi connectivity index (χ1v) is 6.10. The Morgan fingerprint density at radius 2 is 1.93 bits per heavy atom. The highest BCUT2D eigenvalue weighted by Crippen LogP contribution is 2.47. The largest absolute Gasteiger partial charge is 0.0628 e. The Hall–Kier alpha value is -0.780. The van der Waals surface area contributed by atoms with Crippen LogP contribution in [0.15, 0.2) is 24.3 Å². The Kier molecular flexibility index (Phi) is 2.62. The van der Waals surface area contributed by atoms with Crippen LogP contribution in [-0.4, -0.2) is 0 Å². The summed E-state index contributed by atoms with van der Waals surface area (Å²) >= 11 is 0. The molecule has 0 heterocycles. The van der Waals surface area contributed by atoms with Gasteiger partial charge < -0.3 is 0 Å². The van der Waals surface area contributed by atoms with Gasteiger partial charge in [0.1, 0.15) is 0 Å². The van der Waals surface area contributed by atoms with Crippen molar-refractivity contribution >= 4 is 0 Å². The molecule has 15 heavy (non-hydrogen) atoms. The summed E-state index contributed by atoms with van der Waals surface area (Å²) in [7, 11) is 0. The van der Waals surface area contributed by atoms with E-state index in [1.807, 2.05) is 0 Å². The maximum atomic E-state index is 2.38. The second-order valence-electron chi connectivity index (χ2n) is 6.00. The number of benzene rings is 1. The summed E-state index contributed by atoms with van der Waals surface area (Å²) in [6.45, 7) is 9.42. The van der Waals surface area contributed by atoms with E-state index in [4.69, 9.17) is 0 Å². The third-order valence-electron chi connectivity index (χ3n) is 3.64. The molecule has 1 aliphatic carbocycles. The minimum Gasteiger partial charge on any atom is -0.0628 e. The Morgan fingerprint density at radius 1 is 1.27 bits per heavy atom. The van der Waals surface area contributed by atoms with Gasteiger partial charge in [-0.3, -0.25) is 0 Å². The second-order valence-corrected chi connectivity index (χ2v) is 6.00. The second kappa shape index (κ2) is 3.66. The molecule has 2 rings (SSSR count). The lowest BCUT2D eigenvalue weighted by Gasteiger charge is -2.19. The topological polar surface area (TPSA) is 0 Å². The van der Waals surface area contributed by atoms with E-state index in [1.165, 1.54) is 12.8 Å². The molecule has 0 bridgehead atoms. The zero-order valence-corrected chi connectivity index (χ0v) is 10.4. The van der Waals surface area contributed by atoms with Crippen LogP contribution >= 0.6 is 0 Å². The molecule has 0 nitrogen and oxygen atoms in total. The van der Waals surface area contributed by atoms with Gasteiger partial charge in [0.2, 0.25) is 0 Å². The molecule has 0 spiro atoms. The van der Waals surface area contributed by atoms with Crippen molar-refractivity contribution in [2.24, 2.45) is 5.92 Å². The number of hydrogen-bond acceptors (Lipinski definition) is 0. The minimum absolute atomic E-state index is 0.385. The lowest BCUT2D eigenvalue weighted by molar-refractivity contribution is 0.422. The van der Waals surface area contributed by atoms with Crippen LogP contribution in [0.3, 0.4) is 0 Å². The average Bonchev–Trinajstić information content (AvgIpc) is 2.39. The smallest absolute Gasteiger partial charge is 0.00949 e. The van der Waals surface area contributed by atoms with Crippen LogP contribution < -0.4 is 0 Å². The molecule has 1 aromatic carbocycles. The Labute approximate surface area is 93.7 Å². The van der Waals surface area contributed by atoms with Crippen molar-refractivity contribution in [3.05, 3.63) is 35.4 Å². The predicted octanol–water partition coefficient (Wildman–Crippen LogP) is 4.50. The van der Waals surface area contributed by atoms with Crippen LogP contribution in [0.25, 0.3) is 0 Å². The monoisotopic (exact) mass is 202 g/mol. The molecule has 0 aliphatic heterocycles. The fourth-order valence-corrected chi connectivity index (χ4v) is 3.08. The molecule has 0 saturated heterocycles. The summed E-state index contributed by atoms with van der Waals surface area (Å²) in [4.78, 5) is 0. The summed E-state index contributed by atoms with van der Waals surface area (Å²) in [5.74, 6) is 1.59. The van der Waals surface area contributed by atoms with Crippen LogP contribution in [0, 0.1) is 5.92 Å². The Morgan fingerprint density at radius 3 is 2.60 bits per heavy atom. The number of hydrogen-bond donors (Lipinski definition) is 0. The van der Waals surface area contributed by atoms with E-state index >= 15 is 0 Å². The molecule has 82 valence electrons. The first-order valence-electron chi connectivity index (χ1n) is 6.10. The van der Waals surface area contributed by atoms with Crippen molar-refractivity contribution < 1.29 is 0 Å². The number of rotatable bonds is 2. The molecule has 0 aromatic heterocycles. The molecule has 1 unspecified atom stereocenters. The maximum Gasteiger partial charge on any atom is -0.00949 e. The molecule has 1 aliphatic rings. The van der Waals surface area contributed by atoms with Gasteiger partial charge in [-0.05, 0) is 41.2 Å². The summed E-state index contributed by atoms with van der Waals surface area (Å²) in [6.07, 6.45) is 2.66. The summed E-state index contributed by atoms with van der Waals surface area (Å²) in [5, 5.41) is 0. The van der Waals surface area contributed by atoms with Gasteiger partial charge in [-0.2, -0.15) is 0 Å². The molecule has 0 heteroatoms. The van der Waals surface area contributed by atoms with Gasteiger partial charge in [-0.25, -0.2) is 0 Å². The van der Waals surface area contributed by atoms with Crippen LogP contribution in [0.1, 0.15) is 57.6 Å². The van der Waals surface area contributed by atoms with E-state index in [0.29, 0.717) is 5.41 Å². The maximum absolute atomic E-state index is 2.38. The predicted molar refractivity (Wildman–Crippen MR) is 66.3 cm³/mol. The van der Waals surface area contributed by atoms with E-state index < -0.39 is 0 Å². The van der Waals surface area contributed by atoms with Crippen molar-refractivity contribution in [1.29, 1.82) is 0 Å². The molecule has 0 N–H and O–H groups in total. The molecular formula is C15H22. The average molecular weight is 202 g/mol. The molecule has 0 radical (unpaired) electrons. The standard InChI is InChI=1S/C15H22/c1-11(2)9-12-10-15(3,4)14-8-6-5-7-13(12)14/h5-8,11-12H,9-10H2,1-4H3. The summed E-state index contributed by atoms with van der Waals surface area (Å²) in [6, 6.07) is 9.01. The van der Waals surface area contributed by atoms with Gasteiger partial charge in [0, 0.05) is 0 Å². The molecule has 1 atom stereocenters. The van der Waals surface area contributed by atoms with Crippen LogP contribution in [-0.2, 0) is 5.41 Å². The highest BCUT2D eigenvalue weighted by Gasteiger charge is 2.36. The third-order valence-corrected chi connectivity index (χ3v) is 3.64. The van der Waals surface area contributed by atoms with Gasteiger partial charge in [-0.15, -0.1) is 0 Å². The van der Waals surface area contributed by atoms with Crippen molar-refractivity contribution in [2.45, 2.75) is 51.9 Å². The number of fused-ring (bicyclic) bond motifs is 1. The summed E-state index contributed by atoms with van der Waals surface area (Å²) < 4.78 is 0. The lowest BCUT2D eigenvalue weighted by Crippen LogP contribution is -2.12. The highest BCUT2D eigenvalue weighted by atomic mass is 14.4. The van der Waals surface area contributed by atoms with Gasteiger partial charge in [0.15, 0.2) is 0 Å². The Bertz CT molecular complexity index is 347. The molecular weight excluding hydrogens is 180 g/mol. The first-order chi connectivity index (χ1) is 7.00. The first kappa shape index (κ1) is 10.7. The van der Waals surface area contributed by atoms with Crippen LogP contribution in [0.2, 0.25) is 0 Å². The van der Waals surface area contributed by atoms with E-state index in [2.05, 4.69) is 52.0 Å². The van der Waals surface area contributed by atoms with Crippen molar-refractivity contribution in [2.75, 3.05) is 0 Å². The zero-order valence-electron chi connectivity index (χ0n) is 10.4.